The van der Waals surface area contributed by atoms with Crippen molar-refractivity contribution >= 4 is 0 Å². The molecule has 0 aromatic heterocycles. The maximum Gasteiger partial charge on any atom is 0.0834 e. The summed E-state index contributed by atoms with van der Waals surface area (Å²) in [5, 5.41) is 3.80. The van der Waals surface area contributed by atoms with Crippen molar-refractivity contribution in [1.82, 2.24) is 5.32 Å². The number of hydrogen-bond acceptors (Lipinski definition) is 3. The summed E-state index contributed by atoms with van der Waals surface area (Å²) < 4.78 is 11.9. The Labute approximate surface area is 123 Å². The van der Waals surface area contributed by atoms with Crippen LogP contribution >= 0.6 is 0 Å². The van der Waals surface area contributed by atoms with Gasteiger partial charge in [-0.2, -0.15) is 0 Å². The summed E-state index contributed by atoms with van der Waals surface area (Å²) in [6.45, 7) is 5.13. The highest BCUT2D eigenvalue weighted by atomic mass is 16.6. The zero-order valence-electron chi connectivity index (χ0n) is 13.0. The Morgan fingerprint density at radius 2 is 2.00 bits per heavy atom. The van der Waals surface area contributed by atoms with Crippen LogP contribution in [-0.2, 0) is 9.47 Å². The molecular weight excluding hydrogens is 250 g/mol. The van der Waals surface area contributed by atoms with Crippen LogP contribution in [0.2, 0.25) is 0 Å². The molecule has 3 heteroatoms. The Kier molecular flexibility index (Phi) is 5.00. The first-order valence-corrected chi connectivity index (χ1v) is 8.82. The summed E-state index contributed by atoms with van der Waals surface area (Å²) in [4.78, 5) is 0. The van der Waals surface area contributed by atoms with Gasteiger partial charge in [0.05, 0.1) is 18.8 Å². The van der Waals surface area contributed by atoms with E-state index in [0.717, 1.165) is 26.2 Å². The second-order valence-corrected chi connectivity index (χ2v) is 7.00. The fraction of sp³-hybridized carbons (Fsp3) is 1.00. The van der Waals surface area contributed by atoms with E-state index < -0.39 is 0 Å². The van der Waals surface area contributed by atoms with Gasteiger partial charge in [0.15, 0.2) is 0 Å². The summed E-state index contributed by atoms with van der Waals surface area (Å²) in [6.07, 6.45) is 12.8. The fourth-order valence-corrected chi connectivity index (χ4v) is 4.45. The number of nitrogens with one attached hydrogen (secondary N) is 1. The highest BCUT2D eigenvalue weighted by Crippen LogP contribution is 2.53. The molecule has 0 radical (unpaired) electrons. The van der Waals surface area contributed by atoms with Gasteiger partial charge in [-0.25, -0.2) is 0 Å². The molecule has 1 N–H and O–H groups in total. The van der Waals surface area contributed by atoms with Crippen LogP contribution in [0.1, 0.15) is 64.7 Å². The monoisotopic (exact) mass is 281 g/mol. The zero-order chi connectivity index (χ0) is 13.8. The van der Waals surface area contributed by atoms with Gasteiger partial charge in [0, 0.05) is 18.1 Å². The average Bonchev–Trinajstić information content (AvgIpc) is 2.82. The summed E-state index contributed by atoms with van der Waals surface area (Å²) >= 11 is 0. The smallest absolute Gasteiger partial charge is 0.0834 e. The molecule has 116 valence electrons. The lowest BCUT2D eigenvalue weighted by Crippen LogP contribution is -2.64. The molecule has 0 amide bonds. The zero-order valence-corrected chi connectivity index (χ0v) is 13.0. The Hall–Kier alpha value is -0.120. The average molecular weight is 281 g/mol. The first kappa shape index (κ1) is 14.8. The van der Waals surface area contributed by atoms with E-state index in [4.69, 9.17) is 9.47 Å². The van der Waals surface area contributed by atoms with Crippen LogP contribution in [0.5, 0.6) is 0 Å². The van der Waals surface area contributed by atoms with Crippen molar-refractivity contribution in [2.75, 3.05) is 19.8 Å². The normalized spacial score (nSPS) is 36.8. The predicted molar refractivity (Wildman–Crippen MR) is 80.9 cm³/mol. The summed E-state index contributed by atoms with van der Waals surface area (Å²) in [7, 11) is 0. The van der Waals surface area contributed by atoms with Crippen LogP contribution in [-0.4, -0.2) is 38.0 Å². The molecule has 2 aliphatic carbocycles. The van der Waals surface area contributed by atoms with Gasteiger partial charge >= 0.3 is 0 Å². The third-order valence-corrected chi connectivity index (χ3v) is 5.70. The minimum absolute atomic E-state index is 0.368. The minimum atomic E-state index is 0.368. The van der Waals surface area contributed by atoms with Crippen LogP contribution in [0, 0.1) is 5.41 Å². The molecule has 1 heterocycles. The molecule has 0 aromatic rings. The quantitative estimate of drug-likeness (QED) is 0.839. The van der Waals surface area contributed by atoms with Crippen molar-refractivity contribution in [3.05, 3.63) is 0 Å². The van der Waals surface area contributed by atoms with Gasteiger partial charge < -0.3 is 14.8 Å². The molecule has 3 rings (SSSR count). The Bertz CT molecular complexity index is 293. The van der Waals surface area contributed by atoms with Crippen LogP contribution in [0.4, 0.5) is 0 Å². The molecule has 0 bridgehead atoms. The number of rotatable bonds is 5. The molecule has 3 fully saturated rings. The first-order chi connectivity index (χ1) is 9.85. The number of ether oxygens (including phenoxy) is 2. The van der Waals surface area contributed by atoms with Crippen molar-refractivity contribution in [3.63, 3.8) is 0 Å². The Balaban J connectivity index is 1.63. The molecule has 2 saturated carbocycles. The lowest BCUT2D eigenvalue weighted by Gasteiger charge is -2.57. The van der Waals surface area contributed by atoms with Gasteiger partial charge in [-0.3, -0.25) is 0 Å². The lowest BCUT2D eigenvalue weighted by atomic mass is 9.57. The van der Waals surface area contributed by atoms with E-state index in [1.807, 2.05) is 0 Å². The van der Waals surface area contributed by atoms with Crippen LogP contribution < -0.4 is 5.32 Å². The van der Waals surface area contributed by atoms with Gasteiger partial charge in [-0.1, -0.05) is 32.6 Å². The lowest BCUT2D eigenvalue weighted by molar-refractivity contribution is -0.168. The molecule has 20 heavy (non-hydrogen) atoms. The van der Waals surface area contributed by atoms with Crippen LogP contribution in [0.15, 0.2) is 0 Å². The van der Waals surface area contributed by atoms with E-state index in [9.17, 15) is 0 Å². The fourth-order valence-electron chi connectivity index (χ4n) is 4.45. The molecule has 3 unspecified atom stereocenters. The van der Waals surface area contributed by atoms with Crippen molar-refractivity contribution in [1.29, 1.82) is 0 Å². The van der Waals surface area contributed by atoms with E-state index in [0.29, 0.717) is 23.7 Å². The molecule has 3 nitrogen and oxygen atoms in total. The highest BCUT2D eigenvalue weighted by molar-refractivity contribution is 5.08. The second kappa shape index (κ2) is 6.76. The summed E-state index contributed by atoms with van der Waals surface area (Å²) in [5.74, 6) is 0. The maximum atomic E-state index is 6.44. The molecule has 3 atom stereocenters. The largest absolute Gasteiger partial charge is 0.379 e. The SMILES string of the molecule is CCCNC1CC(OC2CCOC2)C12CCCCCC2. The van der Waals surface area contributed by atoms with Crippen LogP contribution in [0.3, 0.4) is 0 Å². The van der Waals surface area contributed by atoms with Gasteiger partial charge in [-0.05, 0) is 38.6 Å². The second-order valence-electron chi connectivity index (χ2n) is 7.00. The van der Waals surface area contributed by atoms with E-state index >= 15 is 0 Å². The molecule has 0 aromatic carbocycles. The molecule has 1 aliphatic heterocycles. The first-order valence-electron chi connectivity index (χ1n) is 8.82. The van der Waals surface area contributed by atoms with Gasteiger partial charge in [0.1, 0.15) is 0 Å². The van der Waals surface area contributed by atoms with E-state index in [-0.39, 0.29) is 0 Å². The van der Waals surface area contributed by atoms with Crippen molar-refractivity contribution < 1.29 is 9.47 Å². The third kappa shape index (κ3) is 2.90. The van der Waals surface area contributed by atoms with Gasteiger partial charge in [0.2, 0.25) is 0 Å². The van der Waals surface area contributed by atoms with Crippen LogP contribution in [0.25, 0.3) is 0 Å². The third-order valence-electron chi connectivity index (χ3n) is 5.70. The van der Waals surface area contributed by atoms with Crippen molar-refractivity contribution in [3.8, 4) is 0 Å². The van der Waals surface area contributed by atoms with Gasteiger partial charge in [0.25, 0.3) is 0 Å². The Morgan fingerprint density at radius 3 is 2.65 bits per heavy atom. The van der Waals surface area contributed by atoms with E-state index in [1.165, 1.54) is 51.4 Å². The molecule has 1 spiro atoms. The van der Waals surface area contributed by atoms with Gasteiger partial charge in [-0.15, -0.1) is 0 Å². The highest BCUT2D eigenvalue weighted by Gasteiger charge is 2.55. The molecular formula is C17H31NO2. The standard InChI is InChI=1S/C17H31NO2/c1-2-10-18-15-12-16(20-14-7-11-19-13-14)17(15)8-5-3-4-6-9-17/h14-16,18H,2-13H2,1H3. The van der Waals surface area contributed by atoms with E-state index in [2.05, 4.69) is 12.2 Å². The number of hydrogen-bond donors (Lipinski definition) is 1. The maximum absolute atomic E-state index is 6.44. The molecule has 1 saturated heterocycles. The summed E-state index contributed by atoms with van der Waals surface area (Å²) in [6, 6.07) is 0.702. The van der Waals surface area contributed by atoms with Crippen molar-refractivity contribution in [2.24, 2.45) is 5.41 Å². The Morgan fingerprint density at radius 1 is 1.20 bits per heavy atom. The minimum Gasteiger partial charge on any atom is -0.379 e. The van der Waals surface area contributed by atoms with E-state index in [1.54, 1.807) is 0 Å². The summed E-state index contributed by atoms with van der Waals surface area (Å²) in [5.41, 5.74) is 0.439. The van der Waals surface area contributed by atoms with Crippen molar-refractivity contribution in [2.45, 2.75) is 83.0 Å². The topological polar surface area (TPSA) is 30.5 Å². The predicted octanol–water partition coefficient (Wildman–Crippen LogP) is 3.27. The molecule has 3 aliphatic rings.